The van der Waals surface area contributed by atoms with E-state index in [-0.39, 0.29) is 110 Å². The van der Waals surface area contributed by atoms with Crippen LogP contribution >= 0.6 is 0 Å². The summed E-state index contributed by atoms with van der Waals surface area (Å²) in [6.07, 6.45) is 0. The van der Waals surface area contributed by atoms with E-state index in [1.54, 1.807) is 0 Å². The number of rotatable bonds is 0. The summed E-state index contributed by atoms with van der Waals surface area (Å²) in [5, 5.41) is 0. The molecule has 0 amide bonds. The van der Waals surface area contributed by atoms with Gasteiger partial charge in [-0.2, -0.15) is 0 Å². The Bertz CT molecular complexity index is 221. The summed E-state index contributed by atoms with van der Waals surface area (Å²) in [6, 6.07) is 0. The summed E-state index contributed by atoms with van der Waals surface area (Å²) in [6.45, 7) is 0. The van der Waals surface area contributed by atoms with Crippen molar-refractivity contribution in [3.8, 4) is 0 Å². The molecule has 0 aromatic rings. The predicted octanol–water partition coefficient (Wildman–Crippen LogP) is -13.3. The van der Waals surface area contributed by atoms with Crippen LogP contribution in [0, 0.1) is 0 Å². The summed E-state index contributed by atoms with van der Waals surface area (Å²) in [4.78, 5) is 0. The van der Waals surface area contributed by atoms with Gasteiger partial charge in [0.05, 0.1) is 0 Å². The topological polar surface area (TPSA) is 316 Å². The summed E-state index contributed by atoms with van der Waals surface area (Å²) >= 11 is -20.4. The fourth-order valence-electron chi connectivity index (χ4n) is 0. The Kier molecular flexibility index (Phi) is 122. The van der Waals surface area contributed by atoms with Crippen molar-refractivity contribution in [2.24, 2.45) is 0 Å². The van der Waals surface area contributed by atoms with E-state index in [2.05, 4.69) is 0 Å². The third-order valence-corrected chi connectivity index (χ3v) is 0. The van der Waals surface area contributed by atoms with E-state index in [0.29, 0.717) is 0 Å². The van der Waals surface area contributed by atoms with Gasteiger partial charge in [0.2, 0.25) is 0 Å². The second-order valence-electron chi connectivity index (χ2n) is 1.25. The summed E-state index contributed by atoms with van der Waals surface area (Å²) in [5.41, 5.74) is 0. The summed E-state index contributed by atoms with van der Waals surface area (Å²) < 4.78 is 129. The third-order valence-electron chi connectivity index (χ3n) is 0. The molecule has 0 aromatic heterocycles. The second-order valence-corrected chi connectivity index (χ2v) is 5.15. The molecule has 0 unspecified atom stereocenters. The van der Waals surface area contributed by atoms with Gasteiger partial charge in [-0.3, -0.25) is 0 Å². The summed E-state index contributed by atoms with van der Waals surface area (Å²) in [5.74, 6) is 0. The molecule has 0 fully saturated rings. The van der Waals surface area contributed by atoms with Crippen LogP contribution in [0.3, 0.4) is 0 Å². The Morgan fingerprint density at radius 3 is 0.333 bits per heavy atom. The molecule has 15 nitrogen and oxygen atoms in total. The van der Waals surface area contributed by atoms with Gasteiger partial charge in [0.25, 0.3) is 0 Å². The van der Waals surface area contributed by atoms with Crippen LogP contribution in [0.25, 0.3) is 0 Å². The molecule has 0 heterocycles. The Hall–Kier alpha value is 5.73. The van der Waals surface area contributed by atoms with Crippen LogP contribution in [-0.2, 0) is 144 Å². The normalized spacial score (nSPS) is 5.42. The molecule has 0 N–H and O–H groups in total. The van der Waals surface area contributed by atoms with Crippen molar-refractivity contribution < 1.29 is 181 Å². The monoisotopic (exact) mass is 671 g/mol. The maximum atomic E-state index is 8.58. The van der Waals surface area contributed by atoms with Crippen molar-refractivity contribution in [1.29, 1.82) is 0 Å². The molecule has 0 aromatic carbocycles. The van der Waals surface area contributed by atoms with Gasteiger partial charge in [-0.1, -0.05) is 0 Å². The van der Waals surface area contributed by atoms with Crippen molar-refractivity contribution in [1.82, 2.24) is 0 Å². The molecule has 0 aliphatic carbocycles. The van der Waals surface area contributed by atoms with Crippen LogP contribution in [0.5, 0.6) is 0 Å². The average Bonchev–Trinajstić information content (AvgIpc) is 1.94. The van der Waals surface area contributed by atoms with Crippen molar-refractivity contribution >= 4 is 75.5 Å². The van der Waals surface area contributed by atoms with Gasteiger partial charge in [0, 0.05) is 0 Å². The molecule has 0 rings (SSSR count). The molecule has 0 bridgehead atoms. The van der Waals surface area contributed by atoms with Gasteiger partial charge in [0.1, 0.15) is 0 Å². The maximum absolute atomic E-state index is 8.58. The zero-order valence-electron chi connectivity index (χ0n) is 10.7. The van der Waals surface area contributed by atoms with Crippen molar-refractivity contribution in [2.45, 2.75) is 0 Å². The SMILES string of the molecule is [Ca+2].[Ca+2].[Fe+3].[Fe+3].[O]=[Ti]([O-])[O-].[O]=[Ti]([O-])[O-].[O]=[Ti]([O-])[O-].[O]=[Ti]([O-])[O-].[O]=[Ti]([O-])[O-]. The molecule has 130 valence electrons. The van der Waals surface area contributed by atoms with Crippen molar-refractivity contribution in [3.63, 3.8) is 0 Å². The van der Waals surface area contributed by atoms with Gasteiger partial charge >= 0.3 is 256 Å². The zero-order chi connectivity index (χ0) is 17.9. The van der Waals surface area contributed by atoms with E-state index in [1.807, 2.05) is 0 Å². The first-order valence-corrected chi connectivity index (χ1v) is 12.6. The molecule has 0 spiro atoms. The standard InChI is InChI=1S/2Ca.2Fe.15O.5Ti/q2*+2;2*+3;;;;;;10*-1;;;;;. The fourth-order valence-corrected chi connectivity index (χ4v) is 0. The van der Waals surface area contributed by atoms with Crippen molar-refractivity contribution in [3.05, 3.63) is 0 Å². The molecule has 24 heavy (non-hydrogen) atoms. The van der Waals surface area contributed by atoms with E-state index in [0.717, 1.165) is 0 Å². The first kappa shape index (κ1) is 57.1. The first-order valence-electron chi connectivity index (χ1n) is 3.06. The molecule has 0 aliphatic rings. The fraction of sp³-hybridized carbons (Fsp3) is 0. The van der Waals surface area contributed by atoms with Crippen molar-refractivity contribution in [2.75, 3.05) is 0 Å². The Morgan fingerprint density at radius 2 is 0.333 bits per heavy atom. The average molecular weight is 671 g/mol. The Balaban J connectivity index is -0.0000000161. The van der Waals surface area contributed by atoms with Gasteiger partial charge in [-0.25, -0.2) is 0 Å². The van der Waals surface area contributed by atoms with E-state index in [4.69, 9.17) is 53.5 Å². The molecule has 0 atom stereocenters. The van der Waals surface area contributed by atoms with Crippen LogP contribution in [0.15, 0.2) is 0 Å². The summed E-state index contributed by atoms with van der Waals surface area (Å²) in [7, 11) is 0. The molecule has 0 saturated carbocycles. The van der Waals surface area contributed by atoms with Crippen LogP contribution in [0.2, 0.25) is 0 Å². The molecular weight excluding hydrogens is 671 g/mol. The van der Waals surface area contributed by atoms with E-state index in [1.165, 1.54) is 0 Å². The number of hydrogen-bond acceptors (Lipinski definition) is 15. The van der Waals surface area contributed by atoms with E-state index >= 15 is 0 Å². The minimum absolute atomic E-state index is 0. The quantitative estimate of drug-likeness (QED) is 0.216. The molecule has 0 aliphatic heterocycles. The molecule has 0 saturated heterocycles. The molecular formula is Ca2Fe2O15Ti5. The Morgan fingerprint density at radius 1 is 0.333 bits per heavy atom. The van der Waals surface area contributed by atoms with Gasteiger partial charge in [-0.15, -0.1) is 0 Å². The van der Waals surface area contributed by atoms with Crippen LogP contribution in [-0.4, -0.2) is 75.5 Å². The van der Waals surface area contributed by atoms with Crippen LogP contribution in [0.1, 0.15) is 0 Å². The third kappa shape index (κ3) is 603. The second kappa shape index (κ2) is 51.4. The van der Waals surface area contributed by atoms with Gasteiger partial charge in [0.15, 0.2) is 0 Å². The van der Waals surface area contributed by atoms with Crippen LogP contribution in [0.4, 0.5) is 0 Å². The Labute approximate surface area is 250 Å². The number of hydrogen-bond donors (Lipinski definition) is 0. The van der Waals surface area contributed by atoms with Crippen LogP contribution < -0.4 is 36.9 Å². The first-order chi connectivity index (χ1) is 8.66. The predicted molar refractivity (Wildman–Crippen MR) is 14.9 cm³/mol. The molecule has 24 heteroatoms. The zero-order valence-corrected chi connectivity index (χ0v) is 25.2. The van der Waals surface area contributed by atoms with E-state index < -0.39 is 93.1 Å². The molecule has 2 radical (unpaired) electrons. The van der Waals surface area contributed by atoms with E-state index in [9.17, 15) is 0 Å². The minimum atomic E-state index is -4.08. The van der Waals surface area contributed by atoms with Gasteiger partial charge in [-0.05, 0) is 0 Å². The van der Waals surface area contributed by atoms with Gasteiger partial charge < -0.3 is 0 Å².